The molecule has 0 saturated heterocycles. The summed E-state index contributed by atoms with van der Waals surface area (Å²) in [4.78, 5) is 13.7. The van der Waals surface area contributed by atoms with Crippen molar-refractivity contribution in [2.45, 2.75) is 20.0 Å². The number of hydrogen-bond acceptors (Lipinski definition) is 2. The topological polar surface area (TPSA) is 37.3 Å². The Bertz CT molecular complexity index is 587. The maximum absolute atomic E-state index is 12.1. The molecule has 106 valence electrons. The van der Waals surface area contributed by atoms with Crippen LogP contribution < -0.4 is 5.32 Å². The number of aryl methyl sites for hydroxylation is 1. The first-order chi connectivity index (χ1) is 9.61. The Labute approximate surface area is 120 Å². The Kier molecular flexibility index (Phi) is 4.45. The van der Waals surface area contributed by atoms with E-state index in [1.54, 1.807) is 19.0 Å². The van der Waals surface area contributed by atoms with Gasteiger partial charge >= 0.3 is 0 Å². The quantitative estimate of drug-likeness (QED) is 0.908. The molecular formula is C16H21N3O. The van der Waals surface area contributed by atoms with Gasteiger partial charge in [-0.1, -0.05) is 12.1 Å². The van der Waals surface area contributed by atoms with E-state index in [2.05, 4.69) is 35.3 Å². The minimum Gasteiger partial charge on any atom is -0.380 e. The number of para-hydroxylation sites is 1. The molecule has 4 heteroatoms. The monoisotopic (exact) mass is 271 g/mol. The zero-order chi connectivity index (χ0) is 14.5. The summed E-state index contributed by atoms with van der Waals surface area (Å²) in [6.45, 7) is 3.79. The number of carbonyl (C=O) groups excluding carboxylic acids is 1. The highest BCUT2D eigenvalue weighted by atomic mass is 16.2. The number of carbonyl (C=O) groups is 1. The van der Waals surface area contributed by atoms with Crippen LogP contribution in [0.25, 0.3) is 0 Å². The highest BCUT2D eigenvalue weighted by Crippen LogP contribution is 2.17. The standard InChI is InChI=1S/C16H21N3O/c1-4-19-10-9-13(12-19)11-17-15-8-6-5-7-14(15)16(20)18(2)3/h5-10,12,17H,4,11H2,1-3H3. The largest absolute Gasteiger partial charge is 0.380 e. The van der Waals surface area contributed by atoms with E-state index in [-0.39, 0.29) is 5.91 Å². The van der Waals surface area contributed by atoms with Crippen LogP contribution in [0.4, 0.5) is 5.69 Å². The number of benzene rings is 1. The molecule has 0 fully saturated rings. The second-order valence-corrected chi connectivity index (χ2v) is 4.95. The third-order valence-electron chi connectivity index (χ3n) is 3.22. The summed E-state index contributed by atoms with van der Waals surface area (Å²) in [5, 5.41) is 3.34. The Morgan fingerprint density at radius 3 is 2.65 bits per heavy atom. The van der Waals surface area contributed by atoms with Crippen molar-refractivity contribution in [3.05, 3.63) is 53.9 Å². The predicted octanol–water partition coefficient (Wildman–Crippen LogP) is 2.82. The third-order valence-corrected chi connectivity index (χ3v) is 3.22. The second kappa shape index (κ2) is 6.28. The first kappa shape index (κ1) is 14.2. The van der Waals surface area contributed by atoms with E-state index in [0.717, 1.165) is 12.2 Å². The van der Waals surface area contributed by atoms with Gasteiger partial charge in [0.05, 0.1) is 5.56 Å². The van der Waals surface area contributed by atoms with Crippen LogP contribution in [-0.4, -0.2) is 29.5 Å². The van der Waals surface area contributed by atoms with Gasteiger partial charge in [0, 0.05) is 45.3 Å². The molecule has 0 aliphatic carbocycles. The minimum atomic E-state index is 0.0132. The lowest BCUT2D eigenvalue weighted by Crippen LogP contribution is -2.22. The van der Waals surface area contributed by atoms with Crippen LogP contribution in [0.3, 0.4) is 0 Å². The zero-order valence-electron chi connectivity index (χ0n) is 12.3. The smallest absolute Gasteiger partial charge is 0.255 e. The molecule has 0 aliphatic heterocycles. The van der Waals surface area contributed by atoms with Crippen molar-refractivity contribution in [3.8, 4) is 0 Å². The van der Waals surface area contributed by atoms with E-state index in [0.29, 0.717) is 12.1 Å². The van der Waals surface area contributed by atoms with Crippen LogP contribution in [0.5, 0.6) is 0 Å². The highest BCUT2D eigenvalue weighted by Gasteiger charge is 2.12. The molecule has 1 amide bonds. The molecule has 20 heavy (non-hydrogen) atoms. The molecular weight excluding hydrogens is 250 g/mol. The zero-order valence-corrected chi connectivity index (χ0v) is 12.3. The van der Waals surface area contributed by atoms with Crippen molar-refractivity contribution >= 4 is 11.6 Å². The number of hydrogen-bond donors (Lipinski definition) is 1. The fourth-order valence-corrected chi connectivity index (χ4v) is 2.05. The number of rotatable bonds is 5. The summed E-state index contributed by atoms with van der Waals surface area (Å²) in [6, 6.07) is 9.70. The number of nitrogens with zero attached hydrogens (tertiary/aromatic N) is 2. The summed E-state index contributed by atoms with van der Waals surface area (Å²) in [6.07, 6.45) is 4.18. The van der Waals surface area contributed by atoms with Crippen LogP contribution in [0.2, 0.25) is 0 Å². The molecule has 0 radical (unpaired) electrons. The molecule has 0 unspecified atom stereocenters. The molecule has 0 atom stereocenters. The van der Waals surface area contributed by atoms with Crippen molar-refractivity contribution in [2.75, 3.05) is 19.4 Å². The van der Waals surface area contributed by atoms with E-state index in [1.807, 2.05) is 24.3 Å². The van der Waals surface area contributed by atoms with E-state index in [9.17, 15) is 4.79 Å². The number of nitrogens with one attached hydrogen (secondary N) is 1. The van der Waals surface area contributed by atoms with Gasteiger partial charge in [-0.2, -0.15) is 0 Å². The molecule has 0 aliphatic rings. The average molecular weight is 271 g/mol. The molecule has 2 aromatic rings. The van der Waals surface area contributed by atoms with Crippen molar-refractivity contribution < 1.29 is 4.79 Å². The first-order valence-corrected chi connectivity index (χ1v) is 6.81. The van der Waals surface area contributed by atoms with Gasteiger partial charge in [-0.3, -0.25) is 4.79 Å². The molecule has 0 saturated carbocycles. The van der Waals surface area contributed by atoms with Gasteiger partial charge in [-0.15, -0.1) is 0 Å². The molecule has 2 rings (SSSR count). The van der Waals surface area contributed by atoms with Gasteiger partial charge in [0.2, 0.25) is 0 Å². The van der Waals surface area contributed by atoms with Crippen LogP contribution >= 0.6 is 0 Å². The van der Waals surface area contributed by atoms with E-state index >= 15 is 0 Å². The number of anilines is 1. The van der Waals surface area contributed by atoms with Crippen molar-refractivity contribution in [1.29, 1.82) is 0 Å². The Morgan fingerprint density at radius 1 is 1.25 bits per heavy atom. The Balaban J connectivity index is 2.11. The normalized spacial score (nSPS) is 10.3. The van der Waals surface area contributed by atoms with Crippen LogP contribution in [0.1, 0.15) is 22.8 Å². The first-order valence-electron chi connectivity index (χ1n) is 6.81. The second-order valence-electron chi connectivity index (χ2n) is 4.95. The van der Waals surface area contributed by atoms with Gasteiger partial charge in [0.25, 0.3) is 5.91 Å². The molecule has 4 nitrogen and oxygen atoms in total. The van der Waals surface area contributed by atoms with Gasteiger partial charge < -0.3 is 14.8 Å². The number of amides is 1. The van der Waals surface area contributed by atoms with Gasteiger partial charge in [0.15, 0.2) is 0 Å². The summed E-state index contributed by atoms with van der Waals surface area (Å²) in [5.41, 5.74) is 2.78. The fraction of sp³-hybridized carbons (Fsp3) is 0.312. The van der Waals surface area contributed by atoms with Crippen LogP contribution in [-0.2, 0) is 13.1 Å². The van der Waals surface area contributed by atoms with E-state index in [1.165, 1.54) is 5.56 Å². The van der Waals surface area contributed by atoms with Gasteiger partial charge in [-0.05, 0) is 30.7 Å². The van der Waals surface area contributed by atoms with E-state index in [4.69, 9.17) is 0 Å². The maximum atomic E-state index is 12.1. The molecule has 0 bridgehead atoms. The van der Waals surface area contributed by atoms with Gasteiger partial charge in [-0.25, -0.2) is 0 Å². The Hall–Kier alpha value is -2.23. The summed E-state index contributed by atoms with van der Waals surface area (Å²) in [7, 11) is 3.53. The molecule has 1 aromatic heterocycles. The summed E-state index contributed by atoms with van der Waals surface area (Å²) >= 11 is 0. The predicted molar refractivity (Wildman–Crippen MR) is 81.9 cm³/mol. The van der Waals surface area contributed by atoms with Crippen molar-refractivity contribution in [2.24, 2.45) is 0 Å². The summed E-state index contributed by atoms with van der Waals surface area (Å²) < 4.78 is 2.13. The van der Waals surface area contributed by atoms with E-state index < -0.39 is 0 Å². The molecule has 1 aromatic carbocycles. The lowest BCUT2D eigenvalue weighted by atomic mass is 10.1. The third kappa shape index (κ3) is 3.20. The lowest BCUT2D eigenvalue weighted by Gasteiger charge is -2.15. The van der Waals surface area contributed by atoms with Gasteiger partial charge in [0.1, 0.15) is 0 Å². The summed E-state index contributed by atoms with van der Waals surface area (Å²) in [5.74, 6) is 0.0132. The van der Waals surface area contributed by atoms with Crippen LogP contribution in [0, 0.1) is 0 Å². The highest BCUT2D eigenvalue weighted by molar-refractivity contribution is 5.99. The van der Waals surface area contributed by atoms with Crippen molar-refractivity contribution in [3.63, 3.8) is 0 Å². The van der Waals surface area contributed by atoms with Crippen molar-refractivity contribution in [1.82, 2.24) is 9.47 Å². The molecule has 1 heterocycles. The molecule has 1 N–H and O–H groups in total. The SMILES string of the molecule is CCn1ccc(CNc2ccccc2C(=O)N(C)C)c1. The lowest BCUT2D eigenvalue weighted by molar-refractivity contribution is 0.0828. The number of aromatic nitrogens is 1. The molecule has 0 spiro atoms. The fourth-order valence-electron chi connectivity index (χ4n) is 2.05. The Morgan fingerprint density at radius 2 is 2.00 bits per heavy atom. The van der Waals surface area contributed by atoms with Crippen LogP contribution in [0.15, 0.2) is 42.7 Å². The average Bonchev–Trinajstić information content (AvgIpc) is 2.92. The maximum Gasteiger partial charge on any atom is 0.255 e. The minimum absolute atomic E-state index is 0.0132.